The van der Waals surface area contributed by atoms with E-state index >= 15 is 0 Å². The Morgan fingerprint density at radius 3 is 2.37 bits per heavy atom. The first-order valence-corrected chi connectivity index (χ1v) is 10.8. The van der Waals surface area contributed by atoms with E-state index in [-0.39, 0.29) is 16.6 Å². The molecule has 0 heterocycles. The summed E-state index contributed by atoms with van der Waals surface area (Å²) in [7, 11) is 0.871. The molecule has 1 saturated carbocycles. The number of rotatable bonds is 9. The maximum Gasteiger partial charge on any atom is 0.248 e. The summed E-state index contributed by atoms with van der Waals surface area (Å²) in [5.41, 5.74) is 0.942. The van der Waals surface area contributed by atoms with Crippen LogP contribution in [0, 0.1) is 0 Å². The van der Waals surface area contributed by atoms with Crippen LogP contribution in [-0.4, -0.2) is 41.7 Å². The second-order valence-electron chi connectivity index (χ2n) is 6.69. The van der Waals surface area contributed by atoms with Crippen molar-refractivity contribution in [3.8, 4) is 17.2 Å². The Morgan fingerprint density at radius 2 is 1.73 bits per heavy atom. The number of methoxy groups -OCH3 is 3. The first-order chi connectivity index (χ1) is 14.4. The molecular weight excluding hydrogens is 408 g/mol. The van der Waals surface area contributed by atoms with Gasteiger partial charge in [0.15, 0.2) is 0 Å². The van der Waals surface area contributed by atoms with E-state index in [9.17, 15) is 13.2 Å². The van der Waals surface area contributed by atoms with Gasteiger partial charge in [0.05, 0.1) is 31.9 Å². The minimum Gasteiger partial charge on any atom is -0.497 e. The lowest BCUT2D eigenvalue weighted by Gasteiger charge is -2.12. The Hall–Kier alpha value is -3.04. The van der Waals surface area contributed by atoms with E-state index in [1.54, 1.807) is 31.4 Å². The van der Waals surface area contributed by atoms with Crippen LogP contribution in [0.3, 0.4) is 0 Å². The number of benzene rings is 2. The summed E-state index contributed by atoms with van der Waals surface area (Å²) < 4.78 is 43.2. The molecule has 3 rings (SSSR count). The van der Waals surface area contributed by atoms with E-state index in [4.69, 9.17) is 14.2 Å². The fraction of sp³-hybridized carbons (Fsp3) is 0.286. The van der Waals surface area contributed by atoms with Crippen molar-refractivity contribution in [2.45, 2.75) is 23.8 Å². The summed E-state index contributed by atoms with van der Waals surface area (Å²) in [6, 6.07) is 9.54. The number of ether oxygens (including phenoxy) is 3. The highest BCUT2D eigenvalue weighted by Crippen LogP contribution is 2.29. The number of anilines is 1. The normalized spacial score (nSPS) is 13.8. The van der Waals surface area contributed by atoms with E-state index in [1.807, 2.05) is 0 Å². The van der Waals surface area contributed by atoms with Crippen molar-refractivity contribution in [2.24, 2.45) is 0 Å². The molecule has 1 amide bonds. The molecule has 0 aliphatic heterocycles. The topological polar surface area (TPSA) is 103 Å². The highest BCUT2D eigenvalue weighted by Gasteiger charge is 2.28. The number of nitrogens with one attached hydrogen (secondary N) is 2. The molecule has 160 valence electrons. The van der Waals surface area contributed by atoms with Crippen LogP contribution >= 0.6 is 0 Å². The zero-order valence-electron chi connectivity index (χ0n) is 17.0. The minimum atomic E-state index is -3.65. The van der Waals surface area contributed by atoms with Gasteiger partial charge >= 0.3 is 0 Å². The Kier molecular flexibility index (Phi) is 6.63. The molecule has 0 unspecified atom stereocenters. The lowest BCUT2D eigenvalue weighted by Crippen LogP contribution is -2.25. The van der Waals surface area contributed by atoms with Crippen LogP contribution in [0.25, 0.3) is 6.08 Å². The number of sulfonamides is 1. The van der Waals surface area contributed by atoms with Gasteiger partial charge < -0.3 is 19.5 Å². The molecule has 2 N–H and O–H groups in total. The van der Waals surface area contributed by atoms with Crippen LogP contribution in [0.2, 0.25) is 0 Å². The molecule has 1 aliphatic rings. The number of carbonyl (C=O) groups is 1. The SMILES string of the molecule is COc1ccc(/C=C/C(=O)Nc2cc(S(=O)(=O)NC3CC3)ccc2OC)c(OC)c1. The van der Waals surface area contributed by atoms with Gasteiger partial charge in [0.1, 0.15) is 17.2 Å². The van der Waals surface area contributed by atoms with Crippen molar-refractivity contribution in [2.75, 3.05) is 26.6 Å². The van der Waals surface area contributed by atoms with Gasteiger partial charge in [0, 0.05) is 23.7 Å². The average Bonchev–Trinajstić information content (AvgIpc) is 3.55. The fourth-order valence-corrected chi connectivity index (χ4v) is 4.07. The van der Waals surface area contributed by atoms with E-state index in [0.29, 0.717) is 22.8 Å². The predicted octanol–water partition coefficient (Wildman–Crippen LogP) is 2.81. The third kappa shape index (κ3) is 5.31. The van der Waals surface area contributed by atoms with Gasteiger partial charge in [-0.2, -0.15) is 0 Å². The van der Waals surface area contributed by atoms with Crippen LogP contribution in [0.4, 0.5) is 5.69 Å². The van der Waals surface area contributed by atoms with E-state index < -0.39 is 15.9 Å². The molecule has 2 aromatic rings. The molecule has 0 spiro atoms. The monoisotopic (exact) mass is 432 g/mol. The van der Waals surface area contributed by atoms with Gasteiger partial charge in [0.25, 0.3) is 0 Å². The van der Waals surface area contributed by atoms with Gasteiger partial charge in [-0.15, -0.1) is 0 Å². The van der Waals surface area contributed by atoms with Crippen LogP contribution < -0.4 is 24.2 Å². The molecular formula is C21H24N2O6S. The van der Waals surface area contributed by atoms with Crippen molar-refractivity contribution >= 4 is 27.7 Å². The van der Waals surface area contributed by atoms with Crippen molar-refractivity contribution in [3.05, 3.63) is 48.0 Å². The molecule has 1 aliphatic carbocycles. The molecule has 0 radical (unpaired) electrons. The smallest absolute Gasteiger partial charge is 0.248 e. The van der Waals surface area contributed by atoms with Crippen molar-refractivity contribution in [3.63, 3.8) is 0 Å². The molecule has 8 nitrogen and oxygen atoms in total. The standard InChI is InChI=1S/C21H24N2O6S/c1-27-16-8-4-14(20(12-16)29-3)5-11-21(24)22-18-13-17(9-10-19(18)28-2)30(25,26)23-15-6-7-15/h4-5,8-13,15,23H,6-7H2,1-3H3,(H,22,24)/b11-5+. The summed E-state index contributed by atoms with van der Waals surface area (Å²) in [5, 5.41) is 2.66. The second kappa shape index (κ2) is 9.19. The Labute approximate surface area is 175 Å². The number of carbonyl (C=O) groups excluding carboxylic acids is 1. The Morgan fingerprint density at radius 1 is 1.00 bits per heavy atom. The minimum absolute atomic E-state index is 0.0162. The highest BCUT2D eigenvalue weighted by atomic mass is 32.2. The van der Waals surface area contributed by atoms with Gasteiger partial charge in [-0.05, 0) is 49.2 Å². The molecule has 9 heteroatoms. The fourth-order valence-electron chi connectivity index (χ4n) is 2.74. The molecule has 0 saturated heterocycles. The number of amides is 1. The maximum atomic E-state index is 12.5. The quantitative estimate of drug-likeness (QED) is 0.591. The molecule has 1 fully saturated rings. The van der Waals surface area contributed by atoms with E-state index in [1.165, 1.54) is 38.5 Å². The maximum absolute atomic E-state index is 12.5. The lowest BCUT2D eigenvalue weighted by atomic mass is 10.1. The van der Waals surface area contributed by atoms with E-state index in [2.05, 4.69) is 10.0 Å². The zero-order valence-corrected chi connectivity index (χ0v) is 17.8. The second-order valence-corrected chi connectivity index (χ2v) is 8.40. The first-order valence-electron chi connectivity index (χ1n) is 9.27. The summed E-state index contributed by atoms with van der Waals surface area (Å²) in [4.78, 5) is 12.5. The van der Waals surface area contributed by atoms with Crippen LogP contribution in [0.5, 0.6) is 17.2 Å². The molecule has 30 heavy (non-hydrogen) atoms. The molecule has 0 bridgehead atoms. The van der Waals surface area contributed by atoms with Gasteiger partial charge in [-0.3, -0.25) is 4.79 Å². The predicted molar refractivity (Wildman–Crippen MR) is 114 cm³/mol. The Balaban J connectivity index is 1.78. The van der Waals surface area contributed by atoms with Gasteiger partial charge in [-0.1, -0.05) is 0 Å². The number of hydrogen-bond donors (Lipinski definition) is 2. The van der Waals surface area contributed by atoms with E-state index in [0.717, 1.165) is 12.8 Å². The van der Waals surface area contributed by atoms with Crippen molar-refractivity contribution < 1.29 is 27.4 Å². The zero-order chi connectivity index (χ0) is 21.7. The molecule has 0 atom stereocenters. The first kappa shape index (κ1) is 21.7. The third-order valence-electron chi connectivity index (χ3n) is 4.49. The summed E-state index contributed by atoms with van der Waals surface area (Å²) in [6.07, 6.45) is 4.58. The third-order valence-corrected chi connectivity index (χ3v) is 6.01. The summed E-state index contributed by atoms with van der Waals surface area (Å²) in [5.74, 6) is 1.09. The lowest BCUT2D eigenvalue weighted by molar-refractivity contribution is -0.111. The Bertz CT molecular complexity index is 1060. The highest BCUT2D eigenvalue weighted by molar-refractivity contribution is 7.89. The van der Waals surface area contributed by atoms with Crippen molar-refractivity contribution in [1.82, 2.24) is 4.72 Å². The number of hydrogen-bond acceptors (Lipinski definition) is 6. The van der Waals surface area contributed by atoms with Crippen LogP contribution in [0.15, 0.2) is 47.4 Å². The van der Waals surface area contributed by atoms with Crippen molar-refractivity contribution in [1.29, 1.82) is 0 Å². The van der Waals surface area contributed by atoms with Crippen LogP contribution in [0.1, 0.15) is 18.4 Å². The molecule has 0 aromatic heterocycles. The largest absolute Gasteiger partial charge is 0.497 e. The average molecular weight is 432 g/mol. The van der Waals surface area contributed by atoms with Gasteiger partial charge in [0.2, 0.25) is 15.9 Å². The van der Waals surface area contributed by atoms with Gasteiger partial charge in [-0.25, -0.2) is 13.1 Å². The molecule has 2 aromatic carbocycles. The summed E-state index contributed by atoms with van der Waals surface area (Å²) >= 11 is 0. The van der Waals surface area contributed by atoms with Crippen LogP contribution in [-0.2, 0) is 14.8 Å². The summed E-state index contributed by atoms with van der Waals surface area (Å²) in [6.45, 7) is 0.